The van der Waals surface area contributed by atoms with Crippen LogP contribution >= 0.6 is 15.9 Å². The fourth-order valence-electron chi connectivity index (χ4n) is 1.99. The Balaban J connectivity index is 1.94. The molecule has 0 aliphatic heterocycles. The molecule has 4 heteroatoms. The molecule has 0 aliphatic rings. The van der Waals surface area contributed by atoms with E-state index in [4.69, 9.17) is 0 Å². The Hall–Kier alpha value is -1.81. The maximum atomic E-state index is 4.01. The Morgan fingerprint density at radius 3 is 2.72 bits per heavy atom. The zero-order valence-corrected chi connectivity index (χ0v) is 11.2. The van der Waals surface area contributed by atoms with E-state index in [0.29, 0.717) is 0 Å². The third-order valence-electron chi connectivity index (χ3n) is 2.90. The molecule has 0 aliphatic carbocycles. The van der Waals surface area contributed by atoms with E-state index in [1.807, 2.05) is 12.3 Å². The minimum Gasteiger partial charge on any atom is -0.379 e. The van der Waals surface area contributed by atoms with E-state index in [1.54, 1.807) is 6.33 Å². The van der Waals surface area contributed by atoms with Crippen LogP contribution in [0.15, 0.2) is 53.4 Å². The molecule has 1 aromatic heterocycles. The van der Waals surface area contributed by atoms with Gasteiger partial charge in [-0.25, -0.2) is 4.98 Å². The van der Waals surface area contributed by atoms with Gasteiger partial charge < -0.3 is 10.3 Å². The van der Waals surface area contributed by atoms with Gasteiger partial charge in [-0.1, -0.05) is 40.2 Å². The number of fused-ring (bicyclic) bond motifs is 1. The molecule has 0 radical (unpaired) electrons. The number of aromatic amines is 1. The molecule has 1 heterocycles. The molecule has 0 amide bonds. The highest BCUT2D eigenvalue weighted by molar-refractivity contribution is 9.10. The van der Waals surface area contributed by atoms with Crippen molar-refractivity contribution in [3.05, 3.63) is 59.1 Å². The van der Waals surface area contributed by atoms with Gasteiger partial charge in [0.25, 0.3) is 0 Å². The van der Waals surface area contributed by atoms with Crippen LogP contribution in [-0.2, 0) is 6.54 Å². The number of nitrogens with one attached hydrogen (secondary N) is 2. The monoisotopic (exact) mass is 301 g/mol. The molecule has 2 aromatic carbocycles. The molecule has 3 rings (SSSR count). The van der Waals surface area contributed by atoms with E-state index in [2.05, 4.69) is 61.5 Å². The van der Waals surface area contributed by atoms with Crippen LogP contribution in [0.5, 0.6) is 0 Å². The number of hydrogen-bond donors (Lipinski definition) is 2. The molecule has 90 valence electrons. The summed E-state index contributed by atoms with van der Waals surface area (Å²) in [5.74, 6) is 0. The van der Waals surface area contributed by atoms with Crippen molar-refractivity contribution in [2.24, 2.45) is 0 Å². The smallest absolute Gasteiger partial charge is 0.0922 e. The van der Waals surface area contributed by atoms with Gasteiger partial charge in [-0.15, -0.1) is 0 Å². The molecule has 0 spiro atoms. The molecule has 2 N–H and O–H groups in total. The minimum atomic E-state index is 0.742. The predicted molar refractivity (Wildman–Crippen MR) is 77.6 cm³/mol. The number of anilines is 1. The molecule has 3 aromatic rings. The first kappa shape index (κ1) is 11.3. The second-order valence-corrected chi connectivity index (χ2v) is 4.93. The lowest BCUT2D eigenvalue weighted by Crippen LogP contribution is -2.00. The highest BCUT2D eigenvalue weighted by Crippen LogP contribution is 2.30. The van der Waals surface area contributed by atoms with Crippen LogP contribution in [-0.4, -0.2) is 9.97 Å². The number of aromatic nitrogens is 2. The summed E-state index contributed by atoms with van der Waals surface area (Å²) in [5.41, 5.74) is 2.20. The van der Waals surface area contributed by atoms with Gasteiger partial charge in [0, 0.05) is 21.7 Å². The summed E-state index contributed by atoms with van der Waals surface area (Å²) < 4.78 is 1.12. The highest BCUT2D eigenvalue weighted by atomic mass is 79.9. The third kappa shape index (κ3) is 2.11. The van der Waals surface area contributed by atoms with Crippen LogP contribution < -0.4 is 5.32 Å². The molecule has 0 saturated carbocycles. The maximum absolute atomic E-state index is 4.01. The van der Waals surface area contributed by atoms with Crippen molar-refractivity contribution in [1.82, 2.24) is 9.97 Å². The van der Waals surface area contributed by atoms with Gasteiger partial charge in [0.1, 0.15) is 0 Å². The Kier molecular flexibility index (Phi) is 3.02. The van der Waals surface area contributed by atoms with Crippen molar-refractivity contribution >= 4 is 32.4 Å². The van der Waals surface area contributed by atoms with Crippen LogP contribution in [0.1, 0.15) is 5.69 Å². The average Bonchev–Trinajstić information content (AvgIpc) is 2.92. The third-order valence-corrected chi connectivity index (χ3v) is 3.59. The fourth-order valence-corrected chi connectivity index (χ4v) is 2.47. The summed E-state index contributed by atoms with van der Waals surface area (Å²) in [4.78, 5) is 7.09. The first-order chi connectivity index (χ1) is 8.84. The lowest BCUT2D eigenvalue weighted by atomic mass is 10.1. The van der Waals surface area contributed by atoms with E-state index in [0.717, 1.165) is 22.4 Å². The van der Waals surface area contributed by atoms with Crippen LogP contribution in [0, 0.1) is 0 Å². The van der Waals surface area contributed by atoms with Gasteiger partial charge in [-0.05, 0) is 17.5 Å². The van der Waals surface area contributed by atoms with Gasteiger partial charge in [0.05, 0.1) is 18.6 Å². The van der Waals surface area contributed by atoms with Gasteiger partial charge in [0.2, 0.25) is 0 Å². The minimum absolute atomic E-state index is 0.742. The van der Waals surface area contributed by atoms with E-state index < -0.39 is 0 Å². The lowest BCUT2D eigenvalue weighted by molar-refractivity contribution is 1.08. The molecule has 18 heavy (non-hydrogen) atoms. The van der Waals surface area contributed by atoms with E-state index in [9.17, 15) is 0 Å². The van der Waals surface area contributed by atoms with Crippen molar-refractivity contribution in [2.45, 2.75) is 6.54 Å². The van der Waals surface area contributed by atoms with Crippen LogP contribution in [0.3, 0.4) is 0 Å². The molecule has 0 bridgehead atoms. The number of nitrogens with zero attached hydrogens (tertiary/aromatic N) is 1. The number of imidazole rings is 1. The summed E-state index contributed by atoms with van der Waals surface area (Å²) >= 11 is 3.58. The fraction of sp³-hybridized carbons (Fsp3) is 0.0714. The summed E-state index contributed by atoms with van der Waals surface area (Å²) in [6.45, 7) is 0.742. The van der Waals surface area contributed by atoms with Gasteiger partial charge in [0.15, 0.2) is 0 Å². The molecule has 0 saturated heterocycles. The standard InChI is InChI=1S/C14H12BrN3/c15-13-5-6-14(12-4-2-1-3-11(12)13)17-8-10-7-16-9-18-10/h1-7,9,17H,8H2,(H,16,18). The number of H-pyrrole nitrogens is 1. The molecular formula is C14H12BrN3. The van der Waals surface area contributed by atoms with E-state index >= 15 is 0 Å². The number of hydrogen-bond acceptors (Lipinski definition) is 2. The van der Waals surface area contributed by atoms with E-state index in [-0.39, 0.29) is 0 Å². The van der Waals surface area contributed by atoms with Crippen LogP contribution in [0.2, 0.25) is 0 Å². The Morgan fingerprint density at radius 2 is 1.94 bits per heavy atom. The number of rotatable bonds is 3. The van der Waals surface area contributed by atoms with Gasteiger partial charge >= 0.3 is 0 Å². The van der Waals surface area contributed by atoms with Crippen molar-refractivity contribution in [3.8, 4) is 0 Å². The predicted octanol–water partition coefficient (Wildman–Crippen LogP) is 3.94. The summed E-state index contributed by atoms with van der Waals surface area (Å²) in [6, 6.07) is 12.5. The molecule has 0 fully saturated rings. The molecule has 0 unspecified atom stereocenters. The zero-order chi connectivity index (χ0) is 12.4. The van der Waals surface area contributed by atoms with Gasteiger partial charge in [-0.2, -0.15) is 0 Å². The lowest BCUT2D eigenvalue weighted by Gasteiger charge is -2.10. The van der Waals surface area contributed by atoms with Gasteiger partial charge in [-0.3, -0.25) is 0 Å². The quantitative estimate of drug-likeness (QED) is 0.769. The molecule has 0 atom stereocenters. The van der Waals surface area contributed by atoms with Crippen molar-refractivity contribution in [3.63, 3.8) is 0 Å². The van der Waals surface area contributed by atoms with Crippen molar-refractivity contribution in [1.29, 1.82) is 0 Å². The first-order valence-corrected chi connectivity index (χ1v) is 6.52. The Morgan fingerprint density at radius 1 is 1.11 bits per heavy atom. The Labute approximate surface area is 113 Å². The summed E-state index contributed by atoms with van der Waals surface area (Å²) in [5, 5.41) is 5.85. The SMILES string of the molecule is Brc1ccc(NCc2cnc[nH]2)c2ccccc12. The number of benzene rings is 2. The topological polar surface area (TPSA) is 40.7 Å². The largest absolute Gasteiger partial charge is 0.379 e. The maximum Gasteiger partial charge on any atom is 0.0922 e. The first-order valence-electron chi connectivity index (χ1n) is 5.73. The van der Waals surface area contributed by atoms with Crippen molar-refractivity contribution in [2.75, 3.05) is 5.32 Å². The average molecular weight is 302 g/mol. The zero-order valence-electron chi connectivity index (χ0n) is 9.65. The normalized spacial score (nSPS) is 10.7. The highest BCUT2D eigenvalue weighted by Gasteiger charge is 2.03. The molecule has 3 nitrogen and oxygen atoms in total. The number of halogens is 1. The summed E-state index contributed by atoms with van der Waals surface area (Å²) in [7, 11) is 0. The summed E-state index contributed by atoms with van der Waals surface area (Å²) in [6.07, 6.45) is 3.52. The van der Waals surface area contributed by atoms with Crippen LogP contribution in [0.4, 0.5) is 5.69 Å². The van der Waals surface area contributed by atoms with E-state index in [1.165, 1.54) is 10.8 Å². The Bertz CT molecular complexity index is 662. The second kappa shape index (κ2) is 4.82. The van der Waals surface area contributed by atoms with Crippen molar-refractivity contribution < 1.29 is 0 Å². The second-order valence-electron chi connectivity index (χ2n) is 4.07. The van der Waals surface area contributed by atoms with Crippen LogP contribution in [0.25, 0.3) is 10.8 Å². The molecular weight excluding hydrogens is 290 g/mol.